The highest BCUT2D eigenvalue weighted by Gasteiger charge is 2.46. The van der Waals surface area contributed by atoms with Gasteiger partial charge in [0.25, 0.3) is 0 Å². The van der Waals surface area contributed by atoms with Crippen molar-refractivity contribution in [2.24, 2.45) is 5.41 Å². The normalized spacial score (nSPS) is 20.0. The molecule has 24 heavy (non-hydrogen) atoms. The molecule has 1 saturated heterocycles. The van der Waals surface area contributed by atoms with Crippen LogP contribution in [0.5, 0.6) is 5.75 Å². The maximum atomic E-state index is 5.32. The molecule has 1 aromatic carbocycles. The molecule has 1 aliphatic rings. The lowest BCUT2D eigenvalue weighted by Gasteiger charge is -2.54. The first kappa shape index (κ1) is 15.2. The van der Waals surface area contributed by atoms with Crippen molar-refractivity contribution in [2.45, 2.75) is 26.4 Å². The maximum Gasteiger partial charge on any atom is 0.119 e. The highest BCUT2D eigenvalue weighted by Crippen LogP contribution is 2.48. The van der Waals surface area contributed by atoms with Crippen LogP contribution in [0.3, 0.4) is 0 Å². The summed E-state index contributed by atoms with van der Waals surface area (Å²) in [4.78, 5) is 10.3. The fourth-order valence-corrected chi connectivity index (χ4v) is 4.03. The summed E-state index contributed by atoms with van der Waals surface area (Å²) in [5, 5.41) is 1.20. The molecule has 0 spiro atoms. The van der Waals surface area contributed by atoms with Crippen LogP contribution in [0.4, 0.5) is 0 Å². The number of benzene rings is 1. The van der Waals surface area contributed by atoms with Crippen LogP contribution in [0.25, 0.3) is 10.9 Å². The Balaban J connectivity index is 1.59. The number of hydrogen-bond donors (Lipinski definition) is 1. The number of likely N-dealkylation sites (tertiary alicyclic amines) is 1. The number of aromatic amines is 1. The van der Waals surface area contributed by atoms with Gasteiger partial charge in [-0.25, -0.2) is 0 Å². The number of hydrogen-bond acceptors (Lipinski definition) is 3. The monoisotopic (exact) mass is 321 g/mol. The summed E-state index contributed by atoms with van der Waals surface area (Å²) >= 11 is 0. The molecular weight excluding hydrogens is 298 g/mol. The Morgan fingerprint density at radius 2 is 2.17 bits per heavy atom. The Labute approximate surface area is 142 Å². The van der Waals surface area contributed by atoms with E-state index in [4.69, 9.17) is 4.74 Å². The molecule has 1 aliphatic heterocycles. The van der Waals surface area contributed by atoms with Gasteiger partial charge in [0, 0.05) is 48.1 Å². The lowest BCUT2D eigenvalue weighted by molar-refractivity contribution is -0.0596. The predicted octanol–water partition coefficient (Wildman–Crippen LogP) is 4.15. The molecule has 3 aromatic rings. The van der Waals surface area contributed by atoms with Crippen LogP contribution < -0.4 is 4.74 Å². The van der Waals surface area contributed by atoms with E-state index in [9.17, 15) is 0 Å². The van der Waals surface area contributed by atoms with Gasteiger partial charge in [0.15, 0.2) is 0 Å². The van der Waals surface area contributed by atoms with E-state index in [1.807, 2.05) is 24.5 Å². The molecule has 4 heteroatoms. The predicted molar refractivity (Wildman–Crippen MR) is 96.0 cm³/mol. The van der Waals surface area contributed by atoms with Crippen LogP contribution in [0.1, 0.15) is 31.1 Å². The van der Waals surface area contributed by atoms with E-state index < -0.39 is 0 Å². The zero-order chi connectivity index (χ0) is 16.7. The molecule has 124 valence electrons. The second-order valence-corrected chi connectivity index (χ2v) is 7.33. The molecule has 1 fully saturated rings. The number of ether oxygens (including phenoxy) is 1. The van der Waals surface area contributed by atoms with E-state index >= 15 is 0 Å². The number of pyridine rings is 1. The third kappa shape index (κ3) is 2.57. The van der Waals surface area contributed by atoms with Gasteiger partial charge in [0.1, 0.15) is 5.75 Å². The third-order valence-corrected chi connectivity index (χ3v) is 4.97. The first-order chi connectivity index (χ1) is 11.6. The second-order valence-electron chi connectivity index (χ2n) is 7.33. The van der Waals surface area contributed by atoms with E-state index in [0.29, 0.717) is 6.04 Å². The van der Waals surface area contributed by atoms with Gasteiger partial charge >= 0.3 is 0 Å². The van der Waals surface area contributed by atoms with E-state index in [-0.39, 0.29) is 5.41 Å². The second kappa shape index (κ2) is 5.64. The van der Waals surface area contributed by atoms with Crippen LogP contribution in [0.2, 0.25) is 0 Å². The van der Waals surface area contributed by atoms with E-state index in [1.54, 1.807) is 7.11 Å². The van der Waals surface area contributed by atoms with E-state index in [2.05, 4.69) is 53.0 Å². The molecule has 0 bridgehead atoms. The first-order valence-electron chi connectivity index (χ1n) is 8.36. The maximum absolute atomic E-state index is 5.32. The summed E-state index contributed by atoms with van der Waals surface area (Å²) in [5.41, 5.74) is 3.97. The topological polar surface area (TPSA) is 41.1 Å². The number of methoxy groups -OCH3 is 1. The first-order valence-corrected chi connectivity index (χ1v) is 8.36. The molecule has 4 nitrogen and oxygen atoms in total. The lowest BCUT2D eigenvalue weighted by Crippen LogP contribution is -2.54. The number of nitrogens with zero attached hydrogens (tertiary/aromatic N) is 2. The van der Waals surface area contributed by atoms with Crippen molar-refractivity contribution in [3.63, 3.8) is 0 Å². The number of H-pyrrole nitrogens is 1. The van der Waals surface area contributed by atoms with Crippen LogP contribution in [0, 0.1) is 5.41 Å². The van der Waals surface area contributed by atoms with E-state index in [0.717, 1.165) is 24.4 Å². The molecule has 1 N–H and O–H groups in total. The Morgan fingerprint density at radius 3 is 2.88 bits per heavy atom. The zero-order valence-corrected chi connectivity index (χ0v) is 14.4. The molecule has 1 atom stereocenters. The molecule has 3 heterocycles. The van der Waals surface area contributed by atoms with Crippen molar-refractivity contribution in [3.05, 3.63) is 60.0 Å². The van der Waals surface area contributed by atoms with E-state index in [1.165, 1.54) is 16.6 Å². The van der Waals surface area contributed by atoms with Gasteiger partial charge in [-0.3, -0.25) is 9.88 Å². The SMILES string of the molecule is COc1ccc2[nH]c(CN3CC(C)(C)C3c3cccnc3)cc2c1. The molecule has 0 saturated carbocycles. The van der Waals surface area contributed by atoms with Crippen LogP contribution >= 0.6 is 0 Å². The van der Waals surface area contributed by atoms with Crippen molar-refractivity contribution in [1.82, 2.24) is 14.9 Å². The lowest BCUT2D eigenvalue weighted by atomic mass is 9.72. The van der Waals surface area contributed by atoms with Gasteiger partial charge in [-0.1, -0.05) is 19.9 Å². The summed E-state index contributed by atoms with van der Waals surface area (Å²) in [6, 6.07) is 13.0. The minimum atomic E-state index is 0.276. The van der Waals surface area contributed by atoms with Gasteiger partial charge in [-0.15, -0.1) is 0 Å². The van der Waals surface area contributed by atoms with Gasteiger partial charge in [0.05, 0.1) is 7.11 Å². The average molecular weight is 321 g/mol. The molecule has 0 aliphatic carbocycles. The number of rotatable bonds is 4. The number of aromatic nitrogens is 2. The van der Waals surface area contributed by atoms with Gasteiger partial charge < -0.3 is 9.72 Å². The molecular formula is C20H23N3O. The fourth-order valence-electron chi connectivity index (χ4n) is 4.03. The Kier molecular flexibility index (Phi) is 3.57. The van der Waals surface area contributed by atoms with Crippen LogP contribution in [-0.2, 0) is 6.54 Å². The fraction of sp³-hybridized carbons (Fsp3) is 0.350. The quantitative estimate of drug-likeness (QED) is 0.784. The highest BCUT2D eigenvalue weighted by atomic mass is 16.5. The van der Waals surface area contributed by atoms with Crippen molar-refractivity contribution in [2.75, 3.05) is 13.7 Å². The standard InChI is InChI=1S/C20H23N3O/c1-20(2)13-23(19(20)14-5-4-8-21-11-14)12-16-9-15-10-17(24-3)6-7-18(15)22-16/h4-11,19,22H,12-13H2,1-3H3. The van der Waals surface area contributed by atoms with Crippen molar-refractivity contribution in [1.29, 1.82) is 0 Å². The molecule has 2 aromatic heterocycles. The highest BCUT2D eigenvalue weighted by molar-refractivity contribution is 5.81. The van der Waals surface area contributed by atoms with Gasteiger partial charge in [-0.05, 0) is 41.3 Å². The van der Waals surface area contributed by atoms with Crippen molar-refractivity contribution >= 4 is 10.9 Å². The Bertz CT molecular complexity index is 854. The number of fused-ring (bicyclic) bond motifs is 1. The summed E-state index contributed by atoms with van der Waals surface area (Å²) in [6.45, 7) is 6.67. The number of nitrogens with one attached hydrogen (secondary N) is 1. The summed E-state index contributed by atoms with van der Waals surface area (Å²) in [7, 11) is 1.70. The molecule has 0 amide bonds. The average Bonchev–Trinajstić information content (AvgIpc) is 2.96. The van der Waals surface area contributed by atoms with Gasteiger partial charge in [-0.2, -0.15) is 0 Å². The van der Waals surface area contributed by atoms with Crippen LogP contribution in [-0.4, -0.2) is 28.5 Å². The van der Waals surface area contributed by atoms with Crippen LogP contribution in [0.15, 0.2) is 48.8 Å². The largest absolute Gasteiger partial charge is 0.497 e. The zero-order valence-electron chi connectivity index (χ0n) is 14.4. The minimum absolute atomic E-state index is 0.276. The van der Waals surface area contributed by atoms with Crippen molar-refractivity contribution in [3.8, 4) is 5.75 Å². The van der Waals surface area contributed by atoms with Gasteiger partial charge in [0.2, 0.25) is 0 Å². The summed E-state index contributed by atoms with van der Waals surface area (Å²) in [6.07, 6.45) is 3.83. The summed E-state index contributed by atoms with van der Waals surface area (Å²) < 4.78 is 5.32. The third-order valence-electron chi connectivity index (χ3n) is 4.97. The molecule has 1 unspecified atom stereocenters. The molecule has 4 rings (SSSR count). The molecule has 0 radical (unpaired) electrons. The Morgan fingerprint density at radius 1 is 1.29 bits per heavy atom. The smallest absolute Gasteiger partial charge is 0.119 e. The Hall–Kier alpha value is -2.33. The minimum Gasteiger partial charge on any atom is -0.497 e. The van der Waals surface area contributed by atoms with Crippen molar-refractivity contribution < 1.29 is 4.74 Å². The summed E-state index contributed by atoms with van der Waals surface area (Å²) in [5.74, 6) is 0.895.